The quantitative estimate of drug-likeness (QED) is 0.415. The van der Waals surface area contributed by atoms with Crippen molar-refractivity contribution >= 4 is 34.6 Å². The number of aromatic nitrogens is 1. The summed E-state index contributed by atoms with van der Waals surface area (Å²) in [7, 11) is 0. The molecule has 2 aromatic rings. The number of nitrogens with two attached hydrogens (primary N) is 1. The lowest BCUT2D eigenvalue weighted by atomic mass is 9.81. The lowest BCUT2D eigenvalue weighted by Crippen LogP contribution is -2.47. The van der Waals surface area contributed by atoms with E-state index in [1.165, 1.54) is 0 Å². The molecule has 0 bridgehead atoms. The molecule has 38 heavy (non-hydrogen) atoms. The lowest BCUT2D eigenvalue weighted by Gasteiger charge is -2.39. The molecule has 0 aliphatic heterocycles. The zero-order chi connectivity index (χ0) is 27.4. The Morgan fingerprint density at radius 3 is 2.37 bits per heavy atom. The number of carbonyl (C=O) groups excluding carboxylic acids is 1. The Morgan fingerprint density at radius 1 is 1.11 bits per heavy atom. The molecule has 2 aliphatic carbocycles. The van der Waals surface area contributed by atoms with Crippen molar-refractivity contribution in [2.24, 2.45) is 17.3 Å². The van der Waals surface area contributed by atoms with Crippen LogP contribution in [0.1, 0.15) is 93.6 Å². The minimum atomic E-state index is -1.02. The van der Waals surface area contributed by atoms with Gasteiger partial charge in [0.25, 0.3) is 0 Å². The topological polar surface area (TPSA) is 106 Å². The first-order valence-electron chi connectivity index (χ1n) is 13.6. The summed E-state index contributed by atoms with van der Waals surface area (Å²) in [6.07, 6.45) is 8.28. The van der Waals surface area contributed by atoms with Crippen LogP contribution in [-0.4, -0.2) is 34.1 Å². The first-order valence-corrected chi connectivity index (χ1v) is 14.4. The Balaban J connectivity index is 1.60. The number of pyridine rings is 1. The normalized spacial score (nSPS) is 23.7. The summed E-state index contributed by atoms with van der Waals surface area (Å²) >= 11 is 1.16. The predicted molar refractivity (Wildman–Crippen MR) is 152 cm³/mol. The van der Waals surface area contributed by atoms with Gasteiger partial charge in [-0.2, -0.15) is 0 Å². The monoisotopic (exact) mass is 537 g/mol. The van der Waals surface area contributed by atoms with Crippen LogP contribution in [0, 0.1) is 29.1 Å². The molecule has 2 aliphatic rings. The number of nitrogen functional groups attached to an aromatic ring is 1. The van der Waals surface area contributed by atoms with E-state index in [1.807, 2.05) is 31.7 Å². The molecule has 204 valence electrons. The van der Waals surface area contributed by atoms with Crippen LogP contribution in [0.25, 0.3) is 0 Å². The average Bonchev–Trinajstić information content (AvgIpc) is 3.30. The number of thiophene rings is 1. The van der Waals surface area contributed by atoms with E-state index < -0.39 is 5.97 Å². The van der Waals surface area contributed by atoms with Crippen molar-refractivity contribution in [1.82, 2.24) is 4.98 Å². The summed E-state index contributed by atoms with van der Waals surface area (Å²) in [5.41, 5.74) is 6.61. The fraction of sp³-hybridized carbons (Fsp3) is 0.567. The summed E-state index contributed by atoms with van der Waals surface area (Å²) in [6.45, 7) is 8.30. The van der Waals surface area contributed by atoms with E-state index in [9.17, 15) is 14.7 Å². The molecule has 8 heteroatoms. The molecule has 2 saturated carbocycles. The van der Waals surface area contributed by atoms with E-state index in [4.69, 9.17) is 10.5 Å². The molecule has 2 heterocycles. The van der Waals surface area contributed by atoms with E-state index in [-0.39, 0.29) is 34.3 Å². The molecule has 7 nitrogen and oxygen atoms in total. The molecule has 0 spiro atoms. The fourth-order valence-electron chi connectivity index (χ4n) is 5.28. The van der Waals surface area contributed by atoms with Gasteiger partial charge in [-0.15, -0.1) is 11.3 Å². The maximum absolute atomic E-state index is 14.1. The van der Waals surface area contributed by atoms with E-state index in [2.05, 4.69) is 23.7 Å². The fourth-order valence-corrected chi connectivity index (χ4v) is 6.12. The number of hydrogen-bond donors (Lipinski definition) is 2. The second-order valence-electron chi connectivity index (χ2n) is 11.8. The number of aromatic carboxylic acids is 1. The first-order chi connectivity index (χ1) is 18.0. The molecule has 0 radical (unpaired) electrons. The van der Waals surface area contributed by atoms with Gasteiger partial charge < -0.3 is 20.5 Å². The number of carbonyl (C=O) groups is 2. The zero-order valence-electron chi connectivity index (χ0n) is 22.8. The molecule has 0 saturated heterocycles. The molecular formula is C30H39N3O4S. The number of anilines is 2. The molecular weight excluding hydrogens is 498 g/mol. The largest absolute Gasteiger partial charge is 0.477 e. The van der Waals surface area contributed by atoms with Crippen molar-refractivity contribution in [1.29, 1.82) is 0 Å². The summed E-state index contributed by atoms with van der Waals surface area (Å²) in [5.74, 6) is 6.47. The van der Waals surface area contributed by atoms with Gasteiger partial charge in [-0.05, 0) is 90.2 Å². The SMILES string of the molecule is CC1CCC(C(=O)N(c2cc(C#CC(C)(C)C)sc2C(=O)O)C2CCC(Oc3ccc(N)cn3)CC2)CC1. The van der Waals surface area contributed by atoms with Gasteiger partial charge in [0.05, 0.1) is 22.4 Å². The third-order valence-corrected chi connectivity index (χ3v) is 8.41. The number of carboxylic acid groups (broad SMARTS) is 1. The second kappa shape index (κ2) is 11.8. The summed E-state index contributed by atoms with van der Waals surface area (Å²) in [6, 6.07) is 5.27. The minimum Gasteiger partial charge on any atom is -0.477 e. The van der Waals surface area contributed by atoms with Crippen molar-refractivity contribution in [2.45, 2.75) is 91.2 Å². The van der Waals surface area contributed by atoms with E-state index in [1.54, 1.807) is 18.3 Å². The van der Waals surface area contributed by atoms with Crippen molar-refractivity contribution < 1.29 is 19.4 Å². The Labute approximate surface area is 229 Å². The van der Waals surface area contributed by atoms with Crippen molar-refractivity contribution in [3.63, 3.8) is 0 Å². The number of rotatable bonds is 6. The highest BCUT2D eigenvalue weighted by atomic mass is 32.1. The van der Waals surface area contributed by atoms with Gasteiger partial charge in [0.2, 0.25) is 11.8 Å². The molecule has 1 amide bonds. The number of carboxylic acids is 1. The number of nitrogens with zero attached hydrogens (tertiary/aromatic N) is 2. The summed E-state index contributed by atoms with van der Waals surface area (Å²) < 4.78 is 6.08. The van der Waals surface area contributed by atoms with Gasteiger partial charge in [-0.1, -0.05) is 18.8 Å². The van der Waals surface area contributed by atoms with Crippen molar-refractivity contribution in [3.05, 3.63) is 34.2 Å². The van der Waals surface area contributed by atoms with Crippen LogP contribution in [0.15, 0.2) is 24.4 Å². The van der Waals surface area contributed by atoms with Gasteiger partial charge in [-0.3, -0.25) is 4.79 Å². The van der Waals surface area contributed by atoms with Crippen LogP contribution in [0.4, 0.5) is 11.4 Å². The van der Waals surface area contributed by atoms with Crippen LogP contribution in [-0.2, 0) is 4.79 Å². The van der Waals surface area contributed by atoms with E-state index >= 15 is 0 Å². The van der Waals surface area contributed by atoms with Crippen LogP contribution in [0.2, 0.25) is 0 Å². The minimum absolute atomic E-state index is 0.00973. The maximum atomic E-state index is 14.1. The molecule has 0 aromatic carbocycles. The zero-order valence-corrected chi connectivity index (χ0v) is 23.6. The molecule has 4 rings (SSSR count). The third kappa shape index (κ3) is 7.08. The van der Waals surface area contributed by atoms with E-state index in [0.717, 1.165) is 62.7 Å². The molecule has 3 N–H and O–H groups in total. The Kier molecular flexibility index (Phi) is 8.67. The van der Waals surface area contributed by atoms with Crippen LogP contribution < -0.4 is 15.4 Å². The van der Waals surface area contributed by atoms with Crippen molar-refractivity contribution in [2.75, 3.05) is 10.6 Å². The lowest BCUT2D eigenvalue weighted by molar-refractivity contribution is -0.124. The highest BCUT2D eigenvalue weighted by molar-refractivity contribution is 7.15. The second-order valence-corrected chi connectivity index (χ2v) is 12.8. The van der Waals surface area contributed by atoms with Crippen LogP contribution in [0.5, 0.6) is 5.88 Å². The van der Waals surface area contributed by atoms with Crippen LogP contribution >= 0.6 is 11.3 Å². The predicted octanol–water partition coefficient (Wildman–Crippen LogP) is 6.37. The maximum Gasteiger partial charge on any atom is 0.348 e. The Morgan fingerprint density at radius 2 is 1.79 bits per heavy atom. The highest BCUT2D eigenvalue weighted by Crippen LogP contribution is 2.39. The standard InChI is InChI=1S/C30H39N3O4S/c1-19-5-7-20(8-6-19)28(34)33(25-17-24(15-16-30(2,3)4)38-27(25)29(35)36)22-10-12-23(13-11-22)37-26-14-9-21(31)18-32-26/h9,14,17-20,22-23H,5-8,10-13,31H2,1-4H3,(H,35,36). The van der Waals surface area contributed by atoms with Gasteiger partial charge in [0.1, 0.15) is 11.0 Å². The first kappa shape index (κ1) is 28.0. The Hall–Kier alpha value is -3.05. The van der Waals surface area contributed by atoms with Gasteiger partial charge in [0.15, 0.2) is 0 Å². The summed E-state index contributed by atoms with van der Waals surface area (Å²) in [5, 5.41) is 10.1. The van der Waals surface area contributed by atoms with Gasteiger partial charge in [0, 0.05) is 23.4 Å². The highest BCUT2D eigenvalue weighted by Gasteiger charge is 2.37. The number of amides is 1. The van der Waals surface area contributed by atoms with Gasteiger partial charge in [-0.25, -0.2) is 9.78 Å². The van der Waals surface area contributed by atoms with Crippen LogP contribution in [0.3, 0.4) is 0 Å². The molecule has 2 aromatic heterocycles. The number of ether oxygens (including phenoxy) is 1. The molecule has 0 atom stereocenters. The summed E-state index contributed by atoms with van der Waals surface area (Å²) in [4.78, 5) is 33.3. The number of hydrogen-bond acceptors (Lipinski definition) is 6. The Bertz CT molecular complexity index is 1190. The van der Waals surface area contributed by atoms with E-state index in [0.29, 0.717) is 28.0 Å². The molecule has 0 unspecified atom stereocenters. The van der Waals surface area contributed by atoms with Crippen molar-refractivity contribution in [3.8, 4) is 17.7 Å². The smallest absolute Gasteiger partial charge is 0.348 e. The third-order valence-electron chi connectivity index (χ3n) is 7.38. The van der Waals surface area contributed by atoms with Gasteiger partial charge >= 0.3 is 5.97 Å². The molecule has 2 fully saturated rings. The average molecular weight is 538 g/mol.